The summed E-state index contributed by atoms with van der Waals surface area (Å²) in [5.41, 5.74) is 0.511. The second-order valence-electron chi connectivity index (χ2n) is 4.88. The van der Waals surface area contributed by atoms with Gasteiger partial charge in [0, 0.05) is 0 Å². The van der Waals surface area contributed by atoms with E-state index in [2.05, 4.69) is 15.6 Å². The normalized spacial score (nSPS) is 11.7. The number of amides is 1. The molecule has 0 unspecified atom stereocenters. The molecule has 0 aliphatic heterocycles. The summed E-state index contributed by atoms with van der Waals surface area (Å²) in [5.74, 6) is -2.69. The molecule has 120 valence electrons. The molecule has 1 atom stereocenters. The van der Waals surface area contributed by atoms with E-state index in [1.54, 1.807) is 24.3 Å². The minimum atomic E-state index is -1.83. The topological polar surface area (TPSA) is 138 Å². The summed E-state index contributed by atoms with van der Waals surface area (Å²) < 4.78 is 1.12. The largest absolute Gasteiger partial charge is 0.477 e. The fourth-order valence-electron chi connectivity index (χ4n) is 1.94. The average Bonchev–Trinajstić information content (AvgIpc) is 2.96. The number of aromatic carboxylic acids is 1. The van der Waals surface area contributed by atoms with Gasteiger partial charge in [0.05, 0.1) is 25.1 Å². The van der Waals surface area contributed by atoms with E-state index in [0.717, 1.165) is 16.4 Å². The molecule has 2 aromatic rings. The van der Waals surface area contributed by atoms with E-state index in [9.17, 15) is 19.6 Å². The smallest absolute Gasteiger partial charge is 0.476 e. The SMILES string of the molecule is O=C(Cc1ccccc1)N[C@@H](Cn1cc(C(=O)O)nn1)B(O)O. The average molecular weight is 318 g/mol. The zero-order valence-corrected chi connectivity index (χ0v) is 12.0. The number of hydrogen-bond acceptors (Lipinski definition) is 6. The van der Waals surface area contributed by atoms with Crippen molar-refractivity contribution in [3.63, 3.8) is 0 Å². The number of nitrogens with one attached hydrogen (secondary N) is 1. The Balaban J connectivity index is 1.97. The van der Waals surface area contributed by atoms with Crippen LogP contribution in [0.2, 0.25) is 0 Å². The van der Waals surface area contributed by atoms with Gasteiger partial charge in [-0.1, -0.05) is 35.5 Å². The summed E-state index contributed by atoms with van der Waals surface area (Å²) in [6, 6.07) is 8.97. The lowest BCUT2D eigenvalue weighted by Gasteiger charge is -2.17. The van der Waals surface area contributed by atoms with Crippen LogP contribution >= 0.6 is 0 Å². The Bertz CT molecular complexity index is 676. The van der Waals surface area contributed by atoms with E-state index in [0.29, 0.717) is 0 Å². The second kappa shape index (κ2) is 7.52. The molecular formula is C13H15BN4O5. The van der Waals surface area contributed by atoms with Crippen LogP contribution in [0.3, 0.4) is 0 Å². The predicted octanol–water partition coefficient (Wildman–Crippen LogP) is -1.28. The Hall–Kier alpha value is -2.72. The Morgan fingerprint density at radius 3 is 2.52 bits per heavy atom. The van der Waals surface area contributed by atoms with Gasteiger partial charge in [-0.3, -0.25) is 9.48 Å². The molecule has 0 bridgehead atoms. The molecule has 10 heteroatoms. The van der Waals surface area contributed by atoms with E-state index in [1.165, 1.54) is 0 Å². The third kappa shape index (κ3) is 4.90. The Kier molecular flexibility index (Phi) is 5.44. The van der Waals surface area contributed by atoms with Crippen molar-refractivity contribution in [1.82, 2.24) is 20.3 Å². The first-order chi connectivity index (χ1) is 11.0. The number of carbonyl (C=O) groups excluding carboxylic acids is 1. The zero-order chi connectivity index (χ0) is 16.8. The van der Waals surface area contributed by atoms with Crippen LogP contribution in [-0.2, 0) is 17.8 Å². The summed E-state index contributed by atoms with van der Waals surface area (Å²) in [7, 11) is -1.83. The number of carboxylic acids is 1. The molecule has 0 radical (unpaired) electrons. The Morgan fingerprint density at radius 2 is 1.96 bits per heavy atom. The number of carboxylic acid groups (broad SMARTS) is 1. The molecular weight excluding hydrogens is 303 g/mol. The van der Waals surface area contributed by atoms with Crippen LogP contribution in [0.4, 0.5) is 0 Å². The first kappa shape index (κ1) is 16.7. The van der Waals surface area contributed by atoms with Crippen LogP contribution in [0.1, 0.15) is 16.1 Å². The van der Waals surface area contributed by atoms with Crippen LogP contribution in [-0.4, -0.2) is 55.1 Å². The van der Waals surface area contributed by atoms with Crippen molar-refractivity contribution in [2.75, 3.05) is 0 Å². The predicted molar refractivity (Wildman–Crippen MR) is 79.2 cm³/mol. The van der Waals surface area contributed by atoms with Crippen LogP contribution in [0, 0.1) is 0 Å². The standard InChI is InChI=1S/C13H15BN4O5/c19-12(6-9-4-2-1-3-5-9)15-11(14(22)23)8-18-7-10(13(20)21)16-17-18/h1-5,7,11,22-23H,6,8H2,(H,15,19)(H,20,21)/t11-/m0/s1. The minimum Gasteiger partial charge on any atom is -0.476 e. The number of hydrogen-bond donors (Lipinski definition) is 4. The Morgan fingerprint density at radius 1 is 1.26 bits per heavy atom. The highest BCUT2D eigenvalue weighted by atomic mass is 16.4. The first-order valence-electron chi connectivity index (χ1n) is 6.78. The van der Waals surface area contributed by atoms with Crippen molar-refractivity contribution in [3.8, 4) is 0 Å². The maximum Gasteiger partial charge on any atom is 0.477 e. The van der Waals surface area contributed by atoms with E-state index >= 15 is 0 Å². The molecule has 1 heterocycles. The van der Waals surface area contributed by atoms with Crippen LogP contribution in [0.5, 0.6) is 0 Å². The molecule has 0 aliphatic carbocycles. The summed E-state index contributed by atoms with van der Waals surface area (Å²) >= 11 is 0. The van der Waals surface area contributed by atoms with Crippen LogP contribution in [0.15, 0.2) is 36.5 Å². The van der Waals surface area contributed by atoms with Gasteiger partial charge >= 0.3 is 13.1 Å². The maximum atomic E-state index is 12.0. The van der Waals surface area contributed by atoms with Gasteiger partial charge in [0.15, 0.2) is 5.69 Å². The first-order valence-corrected chi connectivity index (χ1v) is 6.78. The molecule has 9 nitrogen and oxygen atoms in total. The van der Waals surface area contributed by atoms with Crippen molar-refractivity contribution in [3.05, 3.63) is 47.8 Å². The van der Waals surface area contributed by atoms with Crippen molar-refractivity contribution in [2.45, 2.75) is 18.9 Å². The van der Waals surface area contributed by atoms with E-state index in [1.807, 2.05) is 6.07 Å². The van der Waals surface area contributed by atoms with E-state index in [4.69, 9.17) is 5.11 Å². The van der Waals surface area contributed by atoms with E-state index < -0.39 is 24.9 Å². The summed E-state index contributed by atoms with van der Waals surface area (Å²) in [4.78, 5) is 22.7. The second-order valence-corrected chi connectivity index (χ2v) is 4.88. The Labute approximate surface area is 131 Å². The van der Waals surface area contributed by atoms with Crippen molar-refractivity contribution >= 4 is 19.0 Å². The van der Waals surface area contributed by atoms with Crippen molar-refractivity contribution in [2.24, 2.45) is 0 Å². The number of nitrogens with zero attached hydrogens (tertiary/aromatic N) is 3. The van der Waals surface area contributed by atoms with Gasteiger partial charge in [-0.2, -0.15) is 0 Å². The quantitative estimate of drug-likeness (QED) is 0.466. The van der Waals surface area contributed by atoms with Gasteiger partial charge in [0.25, 0.3) is 0 Å². The minimum absolute atomic E-state index is 0.0851. The molecule has 1 amide bonds. The molecule has 0 fully saturated rings. The summed E-state index contributed by atoms with van der Waals surface area (Å²) in [6.45, 7) is -0.127. The number of carbonyl (C=O) groups is 2. The lowest BCUT2D eigenvalue weighted by atomic mass is 9.79. The van der Waals surface area contributed by atoms with Gasteiger partial charge in [-0.05, 0) is 5.56 Å². The zero-order valence-electron chi connectivity index (χ0n) is 12.0. The molecule has 1 aromatic heterocycles. The lowest BCUT2D eigenvalue weighted by molar-refractivity contribution is -0.120. The number of benzene rings is 1. The highest BCUT2D eigenvalue weighted by Crippen LogP contribution is 2.01. The van der Waals surface area contributed by atoms with Gasteiger partial charge in [0.1, 0.15) is 0 Å². The highest BCUT2D eigenvalue weighted by molar-refractivity contribution is 6.43. The third-order valence-electron chi connectivity index (χ3n) is 3.06. The molecule has 0 spiro atoms. The molecule has 0 aliphatic rings. The highest BCUT2D eigenvalue weighted by Gasteiger charge is 2.26. The summed E-state index contributed by atoms with van der Waals surface area (Å²) in [6.07, 6.45) is 1.23. The lowest BCUT2D eigenvalue weighted by Crippen LogP contribution is -2.49. The number of rotatable bonds is 7. The molecule has 23 heavy (non-hydrogen) atoms. The van der Waals surface area contributed by atoms with Gasteiger partial charge < -0.3 is 20.5 Å². The van der Waals surface area contributed by atoms with Crippen molar-refractivity contribution in [1.29, 1.82) is 0 Å². The maximum absolute atomic E-state index is 12.0. The van der Waals surface area contributed by atoms with Crippen molar-refractivity contribution < 1.29 is 24.7 Å². The van der Waals surface area contributed by atoms with Crippen LogP contribution in [0.25, 0.3) is 0 Å². The molecule has 0 saturated heterocycles. The van der Waals surface area contributed by atoms with E-state index in [-0.39, 0.29) is 18.7 Å². The summed E-state index contributed by atoms with van der Waals surface area (Å²) in [5, 5.41) is 37.0. The van der Waals surface area contributed by atoms with Gasteiger partial charge in [-0.15, -0.1) is 5.10 Å². The molecule has 0 saturated carbocycles. The van der Waals surface area contributed by atoms with Gasteiger partial charge in [-0.25, -0.2) is 4.79 Å². The monoisotopic (exact) mass is 318 g/mol. The number of aromatic nitrogens is 3. The third-order valence-corrected chi connectivity index (χ3v) is 3.06. The fourth-order valence-corrected chi connectivity index (χ4v) is 1.94. The molecule has 2 rings (SSSR count). The van der Waals surface area contributed by atoms with Gasteiger partial charge in [0.2, 0.25) is 5.91 Å². The molecule has 1 aromatic carbocycles. The molecule has 4 N–H and O–H groups in total. The van der Waals surface area contributed by atoms with Crippen LogP contribution < -0.4 is 5.32 Å². The fraction of sp³-hybridized carbons (Fsp3) is 0.231.